The van der Waals surface area contributed by atoms with Gasteiger partial charge in [-0.3, -0.25) is 4.57 Å². The molecule has 2 rings (SSSR count). The molecular weight excluding hydrogens is 235 g/mol. The van der Waals surface area contributed by atoms with Gasteiger partial charge in [-0.05, 0) is 6.92 Å². The number of halogens is 1. The molecule has 1 aromatic heterocycles. The van der Waals surface area contributed by atoms with E-state index in [2.05, 4.69) is 4.98 Å². The van der Waals surface area contributed by atoms with Gasteiger partial charge in [0.2, 0.25) is 0 Å². The molecule has 16 heavy (non-hydrogen) atoms. The van der Waals surface area contributed by atoms with Crippen LogP contribution < -0.4 is 5.69 Å². The standard InChI is InChI=1S/C9H11FN2O3S/c1-5-6(10)2-12(9(14)11-5)7-4-15-8(3-13)16-7/h2,7-8,13H,3-4H2,1H3. The first kappa shape index (κ1) is 11.6. The highest BCUT2D eigenvalue weighted by molar-refractivity contribution is 8.00. The molecule has 1 aliphatic heterocycles. The maximum Gasteiger partial charge on any atom is 0.349 e. The first-order valence-corrected chi connectivity index (χ1v) is 5.69. The maximum absolute atomic E-state index is 13.3. The molecule has 1 aliphatic rings. The van der Waals surface area contributed by atoms with Crippen LogP contribution in [-0.2, 0) is 4.74 Å². The van der Waals surface area contributed by atoms with Gasteiger partial charge in [0.15, 0.2) is 5.82 Å². The molecule has 1 N–H and O–H groups in total. The largest absolute Gasteiger partial charge is 0.393 e. The third-order valence-electron chi connectivity index (χ3n) is 2.28. The number of hydrogen-bond acceptors (Lipinski definition) is 5. The van der Waals surface area contributed by atoms with Gasteiger partial charge in [-0.15, -0.1) is 11.8 Å². The van der Waals surface area contributed by atoms with Crippen LogP contribution in [0.15, 0.2) is 11.0 Å². The summed E-state index contributed by atoms with van der Waals surface area (Å²) in [7, 11) is 0. The van der Waals surface area contributed by atoms with Crippen molar-refractivity contribution in [3.05, 3.63) is 28.2 Å². The lowest BCUT2D eigenvalue weighted by molar-refractivity contribution is 0.0802. The van der Waals surface area contributed by atoms with Crippen molar-refractivity contribution >= 4 is 11.8 Å². The van der Waals surface area contributed by atoms with Crippen molar-refractivity contribution in [2.75, 3.05) is 13.2 Å². The van der Waals surface area contributed by atoms with Crippen LogP contribution >= 0.6 is 11.8 Å². The number of nitrogens with zero attached hydrogens (tertiary/aromatic N) is 2. The zero-order chi connectivity index (χ0) is 11.7. The van der Waals surface area contributed by atoms with E-state index >= 15 is 0 Å². The molecule has 0 spiro atoms. The first-order chi connectivity index (χ1) is 7.61. The van der Waals surface area contributed by atoms with Gasteiger partial charge < -0.3 is 9.84 Å². The lowest BCUT2D eigenvalue weighted by Gasteiger charge is -2.11. The van der Waals surface area contributed by atoms with E-state index in [1.807, 2.05) is 0 Å². The predicted octanol–water partition coefficient (Wildman–Crippen LogP) is 0.271. The van der Waals surface area contributed by atoms with Crippen LogP contribution in [0.4, 0.5) is 4.39 Å². The average molecular weight is 246 g/mol. The summed E-state index contributed by atoms with van der Waals surface area (Å²) in [6.45, 7) is 1.58. The molecule has 0 aliphatic carbocycles. The summed E-state index contributed by atoms with van der Waals surface area (Å²) in [6, 6.07) is 0. The fourth-order valence-corrected chi connectivity index (χ4v) is 2.45. The van der Waals surface area contributed by atoms with Gasteiger partial charge in [-0.2, -0.15) is 4.98 Å². The molecular formula is C9H11FN2O3S. The van der Waals surface area contributed by atoms with Crippen molar-refractivity contribution in [1.29, 1.82) is 0 Å². The summed E-state index contributed by atoms with van der Waals surface area (Å²) in [6.07, 6.45) is 1.13. The number of hydrogen-bond donors (Lipinski definition) is 1. The fraction of sp³-hybridized carbons (Fsp3) is 0.556. The number of aliphatic hydroxyl groups excluding tert-OH is 1. The molecule has 0 bridgehead atoms. The van der Waals surface area contributed by atoms with Gasteiger partial charge in [-0.1, -0.05) is 0 Å². The summed E-state index contributed by atoms with van der Waals surface area (Å²) < 4.78 is 19.7. The molecule has 2 atom stereocenters. The second-order valence-electron chi connectivity index (χ2n) is 3.40. The van der Waals surface area contributed by atoms with Gasteiger partial charge in [-0.25, -0.2) is 9.18 Å². The number of aliphatic hydroxyl groups is 1. The average Bonchev–Trinajstić information content (AvgIpc) is 2.71. The van der Waals surface area contributed by atoms with E-state index in [-0.39, 0.29) is 29.7 Å². The third-order valence-corrected chi connectivity index (χ3v) is 3.54. The molecule has 7 heteroatoms. The minimum Gasteiger partial charge on any atom is -0.393 e. The number of aromatic nitrogens is 2. The molecule has 5 nitrogen and oxygen atoms in total. The molecule has 0 amide bonds. The molecule has 1 fully saturated rings. The zero-order valence-electron chi connectivity index (χ0n) is 8.59. The topological polar surface area (TPSA) is 64.4 Å². The Balaban J connectivity index is 2.28. The summed E-state index contributed by atoms with van der Waals surface area (Å²) in [5.74, 6) is -0.521. The summed E-state index contributed by atoms with van der Waals surface area (Å²) in [5.41, 5.74) is -0.774. The Morgan fingerprint density at radius 3 is 3.19 bits per heavy atom. The van der Waals surface area contributed by atoms with E-state index in [1.165, 1.54) is 23.3 Å². The van der Waals surface area contributed by atoms with Crippen LogP contribution in [0.25, 0.3) is 0 Å². The van der Waals surface area contributed by atoms with Gasteiger partial charge in [0.25, 0.3) is 0 Å². The fourth-order valence-electron chi connectivity index (χ4n) is 1.42. The van der Waals surface area contributed by atoms with Crippen LogP contribution in [0.2, 0.25) is 0 Å². The summed E-state index contributed by atoms with van der Waals surface area (Å²) in [4.78, 5) is 15.1. The number of thioether (sulfide) groups is 1. The quantitative estimate of drug-likeness (QED) is 0.811. The molecule has 0 saturated carbocycles. The van der Waals surface area contributed by atoms with E-state index in [0.29, 0.717) is 0 Å². The van der Waals surface area contributed by atoms with Crippen molar-refractivity contribution in [3.63, 3.8) is 0 Å². The molecule has 0 radical (unpaired) electrons. The lowest BCUT2D eigenvalue weighted by atomic mass is 10.4. The monoisotopic (exact) mass is 246 g/mol. The second-order valence-corrected chi connectivity index (χ2v) is 4.74. The van der Waals surface area contributed by atoms with E-state index in [4.69, 9.17) is 9.84 Å². The second kappa shape index (κ2) is 4.52. The van der Waals surface area contributed by atoms with Crippen molar-refractivity contribution in [2.24, 2.45) is 0 Å². The Hall–Kier alpha value is -0.920. The van der Waals surface area contributed by atoms with Gasteiger partial charge in [0.1, 0.15) is 10.8 Å². The van der Waals surface area contributed by atoms with Gasteiger partial charge in [0.05, 0.1) is 18.9 Å². The molecule has 2 unspecified atom stereocenters. The van der Waals surface area contributed by atoms with E-state index < -0.39 is 11.5 Å². The lowest BCUT2D eigenvalue weighted by Crippen LogP contribution is -2.27. The Morgan fingerprint density at radius 2 is 2.56 bits per heavy atom. The van der Waals surface area contributed by atoms with Gasteiger partial charge in [0, 0.05) is 6.20 Å². The van der Waals surface area contributed by atoms with Crippen molar-refractivity contribution in [3.8, 4) is 0 Å². The smallest absolute Gasteiger partial charge is 0.349 e. The highest BCUT2D eigenvalue weighted by atomic mass is 32.2. The number of ether oxygens (including phenoxy) is 1. The normalized spacial score (nSPS) is 24.9. The van der Waals surface area contributed by atoms with Crippen LogP contribution in [-0.4, -0.2) is 33.3 Å². The van der Waals surface area contributed by atoms with E-state index in [1.54, 1.807) is 0 Å². The first-order valence-electron chi connectivity index (χ1n) is 4.75. The minimum atomic E-state index is -0.521. The third kappa shape index (κ3) is 2.11. The van der Waals surface area contributed by atoms with Crippen LogP contribution in [0, 0.1) is 12.7 Å². The Morgan fingerprint density at radius 1 is 1.81 bits per heavy atom. The van der Waals surface area contributed by atoms with Crippen LogP contribution in [0.3, 0.4) is 0 Å². The molecule has 1 aromatic rings. The van der Waals surface area contributed by atoms with Crippen LogP contribution in [0.5, 0.6) is 0 Å². The highest BCUT2D eigenvalue weighted by Crippen LogP contribution is 2.34. The maximum atomic E-state index is 13.3. The summed E-state index contributed by atoms with van der Waals surface area (Å²) in [5, 5.41) is 8.55. The summed E-state index contributed by atoms with van der Waals surface area (Å²) >= 11 is 1.28. The zero-order valence-corrected chi connectivity index (χ0v) is 9.41. The molecule has 88 valence electrons. The van der Waals surface area contributed by atoms with E-state index in [0.717, 1.165) is 6.20 Å². The Labute approximate surface area is 95.3 Å². The SMILES string of the molecule is Cc1nc(=O)n(C2COC(CO)S2)cc1F. The number of aryl methyl sites for hydroxylation is 1. The minimum absolute atomic E-state index is 0.0869. The van der Waals surface area contributed by atoms with Gasteiger partial charge >= 0.3 is 5.69 Å². The number of rotatable bonds is 2. The Kier molecular flexibility index (Phi) is 3.27. The highest BCUT2D eigenvalue weighted by Gasteiger charge is 2.28. The van der Waals surface area contributed by atoms with Crippen molar-refractivity contribution in [2.45, 2.75) is 17.7 Å². The van der Waals surface area contributed by atoms with Crippen molar-refractivity contribution in [1.82, 2.24) is 9.55 Å². The molecule has 2 heterocycles. The molecule has 0 aromatic carbocycles. The Bertz CT molecular complexity index is 451. The van der Waals surface area contributed by atoms with Crippen LogP contribution in [0.1, 0.15) is 11.1 Å². The van der Waals surface area contributed by atoms with E-state index in [9.17, 15) is 9.18 Å². The van der Waals surface area contributed by atoms with Crippen molar-refractivity contribution < 1.29 is 14.2 Å². The predicted molar refractivity (Wildman–Crippen MR) is 56.6 cm³/mol. The molecule has 1 saturated heterocycles.